The third-order valence-corrected chi connectivity index (χ3v) is 3.99. The first-order chi connectivity index (χ1) is 9.87. The van der Waals surface area contributed by atoms with Gasteiger partial charge in [-0.3, -0.25) is 4.98 Å². The van der Waals surface area contributed by atoms with Crippen molar-refractivity contribution in [3.05, 3.63) is 24.0 Å². The minimum atomic E-state index is -0.448. The van der Waals surface area contributed by atoms with Gasteiger partial charge in [0, 0.05) is 38.5 Å². The van der Waals surface area contributed by atoms with Gasteiger partial charge in [0.05, 0.1) is 5.69 Å². The summed E-state index contributed by atoms with van der Waals surface area (Å²) < 4.78 is 11.5. The van der Waals surface area contributed by atoms with E-state index in [1.54, 1.807) is 11.1 Å². The first kappa shape index (κ1) is 14.2. The highest BCUT2D eigenvalue weighted by Gasteiger charge is 2.43. The maximum absolute atomic E-state index is 12.1. The zero-order valence-corrected chi connectivity index (χ0v) is 12.9. The van der Waals surface area contributed by atoms with E-state index in [2.05, 4.69) is 4.98 Å². The van der Waals surface area contributed by atoms with Crippen molar-refractivity contribution < 1.29 is 14.3 Å². The Balaban J connectivity index is 1.61. The van der Waals surface area contributed by atoms with Gasteiger partial charge < -0.3 is 14.4 Å². The predicted molar refractivity (Wildman–Crippen MR) is 78.3 cm³/mol. The van der Waals surface area contributed by atoms with Crippen molar-refractivity contribution in [1.29, 1.82) is 0 Å². The second-order valence-corrected chi connectivity index (χ2v) is 6.88. The van der Waals surface area contributed by atoms with Crippen LogP contribution in [0.4, 0.5) is 4.79 Å². The third kappa shape index (κ3) is 2.96. The number of rotatable bonds is 0. The van der Waals surface area contributed by atoms with Crippen LogP contribution < -0.4 is 4.74 Å². The Morgan fingerprint density at radius 3 is 2.71 bits per heavy atom. The maximum Gasteiger partial charge on any atom is 0.410 e. The predicted octanol–water partition coefficient (Wildman–Crippen LogP) is 2.79. The van der Waals surface area contributed by atoms with Crippen LogP contribution in [-0.4, -0.2) is 40.3 Å². The molecule has 0 aromatic carbocycles. The molecule has 0 aliphatic carbocycles. The number of hydrogen-bond acceptors (Lipinski definition) is 4. The van der Waals surface area contributed by atoms with Gasteiger partial charge in [0.25, 0.3) is 0 Å². The molecule has 1 aromatic heterocycles. The summed E-state index contributed by atoms with van der Waals surface area (Å²) in [6.45, 7) is 7.00. The Morgan fingerprint density at radius 2 is 2.10 bits per heavy atom. The number of ether oxygens (including phenoxy) is 2. The largest absolute Gasteiger partial charge is 0.485 e. The van der Waals surface area contributed by atoms with Crippen molar-refractivity contribution >= 4 is 6.09 Å². The topological polar surface area (TPSA) is 51.7 Å². The molecule has 0 N–H and O–H groups in total. The number of pyridine rings is 1. The molecule has 21 heavy (non-hydrogen) atoms. The highest BCUT2D eigenvalue weighted by Crippen LogP contribution is 2.39. The number of hydrogen-bond donors (Lipinski definition) is 0. The number of carbonyl (C=O) groups excluding carboxylic acids is 1. The van der Waals surface area contributed by atoms with E-state index < -0.39 is 5.60 Å². The second-order valence-electron chi connectivity index (χ2n) is 6.88. The Morgan fingerprint density at radius 1 is 1.38 bits per heavy atom. The second kappa shape index (κ2) is 4.90. The maximum atomic E-state index is 12.1. The minimum absolute atomic E-state index is 0.185. The van der Waals surface area contributed by atoms with Gasteiger partial charge >= 0.3 is 6.09 Å². The van der Waals surface area contributed by atoms with Crippen molar-refractivity contribution in [3.63, 3.8) is 0 Å². The zero-order chi connectivity index (χ0) is 15.1. The SMILES string of the molecule is CC(C)(C)OC(=O)N1CCC2(CC1)Cc1ncccc1O2. The number of aromatic nitrogens is 1. The van der Waals surface area contributed by atoms with Gasteiger partial charge in [-0.2, -0.15) is 0 Å². The van der Waals surface area contributed by atoms with Gasteiger partial charge in [0.15, 0.2) is 0 Å². The molecule has 114 valence electrons. The van der Waals surface area contributed by atoms with E-state index in [1.165, 1.54) is 0 Å². The zero-order valence-electron chi connectivity index (χ0n) is 12.9. The van der Waals surface area contributed by atoms with Crippen molar-refractivity contribution in [1.82, 2.24) is 9.88 Å². The van der Waals surface area contributed by atoms with Crippen molar-refractivity contribution in [2.45, 2.75) is 51.2 Å². The molecule has 0 saturated carbocycles. The molecule has 0 unspecified atom stereocenters. The molecule has 0 atom stereocenters. The van der Waals surface area contributed by atoms with Gasteiger partial charge in [-0.1, -0.05) is 0 Å². The normalized spacial score (nSPS) is 20.0. The van der Waals surface area contributed by atoms with E-state index in [4.69, 9.17) is 9.47 Å². The summed E-state index contributed by atoms with van der Waals surface area (Å²) in [5.41, 5.74) is 0.397. The van der Waals surface area contributed by atoms with Crippen LogP contribution in [0.5, 0.6) is 5.75 Å². The fraction of sp³-hybridized carbons (Fsp3) is 0.625. The van der Waals surface area contributed by atoms with E-state index in [1.807, 2.05) is 32.9 Å². The monoisotopic (exact) mass is 290 g/mol. The summed E-state index contributed by atoms with van der Waals surface area (Å²) in [6.07, 6.45) is 4.05. The molecule has 1 spiro atoms. The summed E-state index contributed by atoms with van der Waals surface area (Å²) >= 11 is 0. The molecule has 2 aliphatic rings. The molecule has 1 saturated heterocycles. The van der Waals surface area contributed by atoms with Gasteiger partial charge in [0.1, 0.15) is 17.0 Å². The highest BCUT2D eigenvalue weighted by molar-refractivity contribution is 5.68. The number of carbonyl (C=O) groups is 1. The molecular weight excluding hydrogens is 268 g/mol. The fourth-order valence-corrected chi connectivity index (χ4v) is 2.93. The Hall–Kier alpha value is -1.78. The fourth-order valence-electron chi connectivity index (χ4n) is 2.93. The van der Waals surface area contributed by atoms with E-state index in [0.29, 0.717) is 13.1 Å². The molecular formula is C16H22N2O3. The van der Waals surface area contributed by atoms with Crippen LogP contribution in [0.15, 0.2) is 18.3 Å². The molecule has 1 aromatic rings. The lowest BCUT2D eigenvalue weighted by Gasteiger charge is -2.38. The Labute approximate surface area is 125 Å². The summed E-state index contributed by atoms with van der Waals surface area (Å²) in [6, 6.07) is 3.87. The molecule has 1 fully saturated rings. The number of likely N-dealkylation sites (tertiary alicyclic amines) is 1. The van der Waals surface area contributed by atoms with Crippen LogP contribution >= 0.6 is 0 Å². The number of nitrogens with zero attached hydrogens (tertiary/aromatic N) is 2. The van der Waals surface area contributed by atoms with Crippen molar-refractivity contribution in [3.8, 4) is 5.75 Å². The number of amides is 1. The first-order valence-electron chi connectivity index (χ1n) is 7.48. The lowest BCUT2D eigenvalue weighted by molar-refractivity contribution is -0.00890. The molecule has 5 heteroatoms. The summed E-state index contributed by atoms with van der Waals surface area (Å²) in [5.74, 6) is 0.892. The number of fused-ring (bicyclic) bond motifs is 1. The van der Waals surface area contributed by atoms with E-state index in [0.717, 1.165) is 30.7 Å². The average Bonchev–Trinajstić information content (AvgIpc) is 2.75. The van der Waals surface area contributed by atoms with Crippen LogP contribution in [0.25, 0.3) is 0 Å². The molecule has 2 aliphatic heterocycles. The quantitative estimate of drug-likeness (QED) is 0.737. The molecule has 0 radical (unpaired) electrons. The molecule has 3 heterocycles. The van der Waals surface area contributed by atoms with Gasteiger partial charge in [-0.15, -0.1) is 0 Å². The van der Waals surface area contributed by atoms with Crippen LogP contribution in [0, 0.1) is 0 Å². The molecule has 1 amide bonds. The van der Waals surface area contributed by atoms with Crippen LogP contribution in [0.3, 0.4) is 0 Å². The third-order valence-electron chi connectivity index (χ3n) is 3.99. The van der Waals surface area contributed by atoms with Gasteiger partial charge in [-0.25, -0.2) is 4.79 Å². The van der Waals surface area contributed by atoms with Crippen LogP contribution in [0.1, 0.15) is 39.3 Å². The highest BCUT2D eigenvalue weighted by atomic mass is 16.6. The van der Waals surface area contributed by atoms with E-state index in [9.17, 15) is 4.79 Å². The lowest BCUT2D eigenvalue weighted by atomic mass is 9.88. The minimum Gasteiger partial charge on any atom is -0.485 e. The molecule has 3 rings (SSSR count). The summed E-state index contributed by atoms with van der Waals surface area (Å²) in [7, 11) is 0. The lowest BCUT2D eigenvalue weighted by Crippen LogP contribution is -2.50. The first-order valence-corrected chi connectivity index (χ1v) is 7.48. The Kier molecular flexibility index (Phi) is 3.30. The van der Waals surface area contributed by atoms with Crippen molar-refractivity contribution in [2.75, 3.05) is 13.1 Å². The van der Waals surface area contributed by atoms with Crippen molar-refractivity contribution in [2.24, 2.45) is 0 Å². The number of piperidine rings is 1. The smallest absolute Gasteiger partial charge is 0.410 e. The summed E-state index contributed by atoms with van der Waals surface area (Å²) in [5, 5.41) is 0. The Bertz CT molecular complexity index is 516. The van der Waals surface area contributed by atoms with E-state index in [-0.39, 0.29) is 11.7 Å². The van der Waals surface area contributed by atoms with Gasteiger partial charge in [0.2, 0.25) is 0 Å². The van der Waals surface area contributed by atoms with E-state index >= 15 is 0 Å². The standard InChI is InChI=1S/C16H22N2O3/c1-15(2,3)21-14(19)18-9-6-16(7-10-18)11-12-13(20-16)5-4-8-17-12/h4-5,8H,6-7,9-11H2,1-3H3. The van der Waals surface area contributed by atoms with Gasteiger partial charge in [-0.05, 0) is 32.9 Å². The van der Waals surface area contributed by atoms with Crippen LogP contribution in [-0.2, 0) is 11.2 Å². The molecule has 5 nitrogen and oxygen atoms in total. The summed E-state index contributed by atoms with van der Waals surface area (Å²) in [4.78, 5) is 18.2. The molecule has 0 bridgehead atoms. The average molecular weight is 290 g/mol. The van der Waals surface area contributed by atoms with Crippen LogP contribution in [0.2, 0.25) is 0 Å².